The standard InChI is InChI=1S/C31H18F6O3S5/c1-13(38)16-6-22(41-10-16)23-8-18(12-43-23)26-27(30(34,35)31(36,37)29(26,32)33)19-9-25(24-7-17(11-42-24)14(2)39)45-28(19)21-5-4-20(44-21)15(3)40/h4-12H,1-3H3. The van der Waals surface area contributed by atoms with Gasteiger partial charge in [0.2, 0.25) is 0 Å². The Morgan fingerprint density at radius 3 is 1.64 bits per heavy atom. The molecule has 5 aromatic heterocycles. The van der Waals surface area contributed by atoms with Gasteiger partial charge in [-0.25, -0.2) is 0 Å². The summed E-state index contributed by atoms with van der Waals surface area (Å²) in [5.41, 5.74) is -3.29. The highest BCUT2D eigenvalue weighted by Crippen LogP contribution is 2.66. The highest BCUT2D eigenvalue weighted by atomic mass is 32.1. The number of carbonyl (C=O) groups is 3. The summed E-state index contributed by atoms with van der Waals surface area (Å²) in [4.78, 5) is 37.9. The zero-order chi connectivity index (χ0) is 32.6. The van der Waals surface area contributed by atoms with Crippen LogP contribution in [0.2, 0.25) is 0 Å². The summed E-state index contributed by atoms with van der Waals surface area (Å²) < 4.78 is 93.5. The molecule has 232 valence electrons. The Bertz CT molecular complexity index is 2050. The lowest BCUT2D eigenvalue weighted by molar-refractivity contribution is -0.254. The van der Waals surface area contributed by atoms with Gasteiger partial charge >= 0.3 is 17.8 Å². The maximum atomic E-state index is 15.9. The van der Waals surface area contributed by atoms with Crippen LogP contribution in [-0.4, -0.2) is 35.1 Å². The second-order valence-corrected chi connectivity index (χ2v) is 15.1. The number of rotatable bonds is 8. The minimum atomic E-state index is -5.76. The monoisotopic (exact) mass is 712 g/mol. The van der Waals surface area contributed by atoms with Crippen LogP contribution in [0, 0.1) is 0 Å². The molecule has 0 aliphatic heterocycles. The van der Waals surface area contributed by atoms with Crippen molar-refractivity contribution in [2.75, 3.05) is 0 Å². The SMILES string of the molecule is CC(=O)c1csc(-c2cc(C3=C(c4cc(-c5cc(C(C)=O)cs5)sc4-c4ccc(C(C)=O)s4)C(F)(F)C(F)(F)C3(F)F)cs2)c1. The Morgan fingerprint density at radius 2 is 1.11 bits per heavy atom. The van der Waals surface area contributed by atoms with Crippen LogP contribution in [0.25, 0.3) is 40.4 Å². The lowest BCUT2D eigenvalue weighted by atomic mass is 9.95. The summed E-state index contributed by atoms with van der Waals surface area (Å²) in [5.74, 6) is -17.1. The fraction of sp³-hybridized carbons (Fsp3) is 0.194. The lowest BCUT2D eigenvalue weighted by Crippen LogP contribution is -2.48. The van der Waals surface area contributed by atoms with Gasteiger partial charge in [0.05, 0.1) is 9.75 Å². The summed E-state index contributed by atoms with van der Waals surface area (Å²) in [6, 6.07) is 8.30. The normalized spacial score (nSPS) is 16.8. The number of alkyl halides is 6. The van der Waals surface area contributed by atoms with Crippen molar-refractivity contribution in [2.45, 2.75) is 38.5 Å². The maximum Gasteiger partial charge on any atom is 0.380 e. The third-order valence-corrected chi connectivity index (χ3v) is 12.9. The van der Waals surface area contributed by atoms with Gasteiger partial charge in [-0.05, 0) is 68.1 Å². The van der Waals surface area contributed by atoms with Crippen molar-refractivity contribution >= 4 is 85.2 Å². The first-order valence-corrected chi connectivity index (χ1v) is 17.2. The molecule has 0 atom stereocenters. The van der Waals surface area contributed by atoms with Crippen LogP contribution in [-0.2, 0) is 0 Å². The summed E-state index contributed by atoms with van der Waals surface area (Å²) in [6.07, 6.45) is 0. The molecule has 0 unspecified atom stereocenters. The highest BCUT2D eigenvalue weighted by molar-refractivity contribution is 7.27. The van der Waals surface area contributed by atoms with Crippen molar-refractivity contribution in [3.8, 4) is 29.3 Å². The molecule has 1 aliphatic rings. The molecule has 0 spiro atoms. The van der Waals surface area contributed by atoms with E-state index in [1.807, 2.05) is 0 Å². The number of hydrogen-bond donors (Lipinski definition) is 0. The minimum absolute atomic E-state index is 0.0146. The first-order chi connectivity index (χ1) is 21.0. The Kier molecular flexibility index (Phi) is 7.75. The van der Waals surface area contributed by atoms with Gasteiger partial charge in [0.15, 0.2) is 17.3 Å². The summed E-state index contributed by atoms with van der Waals surface area (Å²) in [6.45, 7) is 4.00. The van der Waals surface area contributed by atoms with E-state index in [0.29, 0.717) is 30.6 Å². The minimum Gasteiger partial charge on any atom is -0.294 e. The molecular weight excluding hydrogens is 695 g/mol. The Labute approximate surface area is 272 Å². The summed E-state index contributed by atoms with van der Waals surface area (Å²) in [5, 5.41) is 4.25. The van der Waals surface area contributed by atoms with E-state index in [2.05, 4.69) is 0 Å². The van der Waals surface area contributed by atoms with Crippen molar-refractivity contribution < 1.29 is 40.7 Å². The van der Waals surface area contributed by atoms with E-state index in [1.54, 1.807) is 10.8 Å². The van der Waals surface area contributed by atoms with Crippen LogP contribution in [0.15, 0.2) is 52.5 Å². The van der Waals surface area contributed by atoms with Crippen molar-refractivity contribution in [1.29, 1.82) is 0 Å². The van der Waals surface area contributed by atoms with E-state index >= 15 is 26.3 Å². The van der Waals surface area contributed by atoms with Gasteiger partial charge in [0.25, 0.3) is 0 Å². The van der Waals surface area contributed by atoms with Gasteiger partial charge in [-0.3, -0.25) is 14.4 Å². The van der Waals surface area contributed by atoms with Crippen LogP contribution in [0.1, 0.15) is 62.3 Å². The molecule has 5 heterocycles. The van der Waals surface area contributed by atoms with Gasteiger partial charge in [-0.1, -0.05) is 0 Å². The number of hydrogen-bond acceptors (Lipinski definition) is 8. The number of ketones is 3. The van der Waals surface area contributed by atoms with E-state index in [-0.39, 0.29) is 32.0 Å². The zero-order valence-corrected chi connectivity index (χ0v) is 27.3. The van der Waals surface area contributed by atoms with Gasteiger partial charge in [0, 0.05) is 63.0 Å². The van der Waals surface area contributed by atoms with Crippen molar-refractivity contribution in [3.05, 3.63) is 79.7 Å². The summed E-state index contributed by atoms with van der Waals surface area (Å²) in [7, 11) is 0. The molecule has 1 aliphatic carbocycles. The fourth-order valence-corrected chi connectivity index (χ4v) is 10.1. The molecule has 6 rings (SSSR count). The van der Waals surface area contributed by atoms with Gasteiger partial charge in [0.1, 0.15) is 0 Å². The molecule has 0 fully saturated rings. The first-order valence-electron chi connectivity index (χ1n) is 13.0. The molecule has 0 saturated carbocycles. The molecule has 3 nitrogen and oxygen atoms in total. The third-order valence-electron chi connectivity index (χ3n) is 7.23. The predicted octanol–water partition coefficient (Wildman–Crippen LogP) is 11.4. The summed E-state index contributed by atoms with van der Waals surface area (Å²) >= 11 is 5.02. The molecule has 14 heteroatoms. The average Bonchev–Trinajstić information content (AvgIpc) is 3.79. The fourth-order valence-electron chi connectivity index (χ4n) is 4.88. The smallest absolute Gasteiger partial charge is 0.294 e. The predicted molar refractivity (Wildman–Crippen MR) is 170 cm³/mol. The lowest BCUT2D eigenvalue weighted by Gasteiger charge is -2.25. The van der Waals surface area contributed by atoms with Gasteiger partial charge in [-0.2, -0.15) is 26.3 Å². The molecule has 0 aromatic carbocycles. The molecule has 0 saturated heterocycles. The molecule has 0 bridgehead atoms. The molecule has 0 amide bonds. The van der Waals surface area contributed by atoms with Crippen molar-refractivity contribution in [1.82, 2.24) is 0 Å². The number of carbonyl (C=O) groups excluding carboxylic acids is 3. The van der Waals surface area contributed by atoms with Crippen LogP contribution in [0.3, 0.4) is 0 Å². The number of allylic oxidation sites excluding steroid dienone is 2. The number of thiophene rings is 5. The van der Waals surface area contributed by atoms with Crippen molar-refractivity contribution in [3.63, 3.8) is 0 Å². The van der Waals surface area contributed by atoms with E-state index < -0.39 is 40.0 Å². The average molecular weight is 713 g/mol. The Balaban J connectivity index is 1.62. The van der Waals surface area contributed by atoms with E-state index in [1.165, 1.54) is 51.1 Å². The van der Waals surface area contributed by atoms with Crippen LogP contribution >= 0.6 is 56.7 Å². The molecule has 0 N–H and O–H groups in total. The maximum absolute atomic E-state index is 15.9. The van der Waals surface area contributed by atoms with E-state index in [4.69, 9.17) is 0 Å². The largest absolute Gasteiger partial charge is 0.380 e. The zero-order valence-electron chi connectivity index (χ0n) is 23.2. The highest BCUT2D eigenvalue weighted by Gasteiger charge is 2.80. The quantitative estimate of drug-likeness (QED) is 0.119. The van der Waals surface area contributed by atoms with Crippen LogP contribution < -0.4 is 0 Å². The third kappa shape index (κ3) is 5.01. The Morgan fingerprint density at radius 1 is 0.578 bits per heavy atom. The van der Waals surface area contributed by atoms with Crippen LogP contribution in [0.4, 0.5) is 26.3 Å². The Hall–Kier alpha value is -3.17. The van der Waals surface area contributed by atoms with Crippen molar-refractivity contribution in [2.24, 2.45) is 0 Å². The topological polar surface area (TPSA) is 51.2 Å². The van der Waals surface area contributed by atoms with E-state index in [9.17, 15) is 14.4 Å². The molecular formula is C31H18F6O3S5. The van der Waals surface area contributed by atoms with Gasteiger partial charge in [-0.15, -0.1) is 56.7 Å². The first kappa shape index (κ1) is 31.8. The second kappa shape index (κ2) is 11.0. The molecule has 45 heavy (non-hydrogen) atoms. The molecule has 0 radical (unpaired) electrons. The number of halogens is 6. The van der Waals surface area contributed by atoms with Gasteiger partial charge < -0.3 is 0 Å². The number of Topliss-reactive ketones (excluding diaryl/α,β-unsaturated/α-hetero) is 3. The molecule has 5 aromatic rings. The van der Waals surface area contributed by atoms with E-state index in [0.717, 1.165) is 68.1 Å². The second-order valence-electron chi connectivity index (χ2n) is 10.3. The van der Waals surface area contributed by atoms with Crippen LogP contribution in [0.5, 0.6) is 0 Å².